The van der Waals surface area contributed by atoms with Gasteiger partial charge in [-0.2, -0.15) is 3.69 Å². The second-order valence-electron chi connectivity index (χ2n) is 3.60. The van der Waals surface area contributed by atoms with Gasteiger partial charge in [-0.3, -0.25) is 23.0 Å². The van der Waals surface area contributed by atoms with Gasteiger partial charge in [-0.25, -0.2) is 0 Å². The Bertz CT molecular complexity index is 542. The molecule has 0 unspecified atom stereocenters. The summed E-state index contributed by atoms with van der Waals surface area (Å²) in [5, 5.41) is 10.9. The van der Waals surface area contributed by atoms with E-state index in [1.54, 1.807) is 12.1 Å². The first-order valence-electron chi connectivity index (χ1n) is 5.11. The van der Waals surface area contributed by atoms with Crippen molar-refractivity contribution in [2.45, 2.75) is 0 Å². The highest BCUT2D eigenvalue weighted by Crippen LogP contribution is 2.28. The van der Waals surface area contributed by atoms with Crippen molar-refractivity contribution < 1.29 is 4.92 Å². The molecule has 0 aliphatic heterocycles. The van der Waals surface area contributed by atoms with Gasteiger partial charge in [0.2, 0.25) is 0 Å². The summed E-state index contributed by atoms with van der Waals surface area (Å²) in [6, 6.07) is 14.7. The van der Waals surface area contributed by atoms with E-state index >= 15 is 0 Å². The second kappa shape index (κ2) is 5.62. The molecule has 17 heavy (non-hydrogen) atoms. The van der Waals surface area contributed by atoms with Crippen LogP contribution in [0.5, 0.6) is 0 Å². The Labute approximate surface area is 115 Å². The van der Waals surface area contributed by atoms with E-state index in [4.69, 9.17) is 0 Å². The molecule has 0 fully saturated rings. The molecule has 0 radical (unpaired) electrons. The van der Waals surface area contributed by atoms with Crippen LogP contribution in [0.2, 0.25) is 0 Å². The minimum Gasteiger partial charge on any atom is -0.296 e. The van der Waals surface area contributed by atoms with Crippen molar-refractivity contribution in [3.63, 3.8) is 0 Å². The molecule has 3 nitrogen and oxygen atoms in total. The molecule has 0 aromatic heterocycles. The van der Waals surface area contributed by atoms with Gasteiger partial charge < -0.3 is 0 Å². The van der Waals surface area contributed by atoms with E-state index in [0.717, 1.165) is 5.56 Å². The molecule has 0 spiro atoms. The monoisotopic (exact) mass is 301 g/mol. The van der Waals surface area contributed by atoms with E-state index in [1.165, 1.54) is 9.76 Å². The van der Waals surface area contributed by atoms with Crippen LogP contribution in [0.1, 0.15) is 0 Å². The summed E-state index contributed by atoms with van der Waals surface area (Å²) in [7, 11) is 0. The van der Waals surface area contributed by atoms with Crippen molar-refractivity contribution in [1.29, 1.82) is 0 Å². The number of halogens is 1. The third kappa shape index (κ3) is 2.85. The first-order valence-corrected chi connectivity index (χ1v) is 9.71. The van der Waals surface area contributed by atoms with Crippen molar-refractivity contribution in [3.05, 3.63) is 58.6 Å². The predicted molar refractivity (Wildman–Crippen MR) is 72.8 cm³/mol. The number of benzene rings is 2. The van der Waals surface area contributed by atoms with Crippen molar-refractivity contribution in [2.75, 3.05) is 0 Å². The van der Waals surface area contributed by atoms with Gasteiger partial charge in [0.25, 0.3) is 5.69 Å². The number of nitro benzene ring substituents is 1. The SMILES string of the molecule is O=[N+]([O-])c1ccccc1-c1cc[c]([Mg][Br])cc1. The molecule has 2 aromatic rings. The third-order valence-electron chi connectivity index (χ3n) is 2.52. The number of nitro groups is 1. The molecular formula is C12H8BrMgNO2. The third-order valence-corrected chi connectivity index (χ3v) is 5.24. The van der Waals surface area contributed by atoms with E-state index in [-0.39, 0.29) is 28.8 Å². The summed E-state index contributed by atoms with van der Waals surface area (Å²) < 4.78 is 1.28. The molecule has 0 heterocycles. The minimum absolute atomic E-state index is 0.149. The van der Waals surface area contributed by atoms with Crippen LogP contribution >= 0.6 is 12.9 Å². The van der Waals surface area contributed by atoms with Gasteiger partial charge >= 0.3 is 18.2 Å². The van der Waals surface area contributed by atoms with E-state index < -0.39 is 0 Å². The summed E-state index contributed by atoms with van der Waals surface area (Å²) in [4.78, 5) is 10.6. The van der Waals surface area contributed by atoms with Crippen LogP contribution in [0.4, 0.5) is 5.69 Å². The van der Waals surface area contributed by atoms with Gasteiger partial charge in [-0.05, 0) is 11.6 Å². The maximum absolute atomic E-state index is 10.9. The van der Waals surface area contributed by atoms with Gasteiger partial charge in [0.05, 0.1) is 10.5 Å². The second-order valence-corrected chi connectivity index (χ2v) is 6.37. The summed E-state index contributed by atoms with van der Waals surface area (Å²) in [6.45, 7) is 0. The smallest absolute Gasteiger partial charge is 0.296 e. The van der Waals surface area contributed by atoms with Gasteiger partial charge in [-0.15, -0.1) is 0 Å². The average Bonchev–Trinajstić information content (AvgIpc) is 2.39. The molecule has 0 atom stereocenters. The Kier molecular flexibility index (Phi) is 4.14. The van der Waals surface area contributed by atoms with Gasteiger partial charge in [0.15, 0.2) is 0 Å². The first kappa shape index (κ1) is 12.5. The van der Waals surface area contributed by atoms with E-state index in [9.17, 15) is 10.1 Å². The zero-order valence-corrected chi connectivity index (χ0v) is 12.0. The van der Waals surface area contributed by atoms with Crippen LogP contribution in [0.15, 0.2) is 48.5 Å². The van der Waals surface area contributed by atoms with Gasteiger partial charge in [0, 0.05) is 6.07 Å². The van der Waals surface area contributed by atoms with Crippen LogP contribution in [0.25, 0.3) is 11.1 Å². The standard InChI is InChI=1S/C12H8NO2.BrH.Mg/c14-13(15)12-9-5-4-8-11(12)10-6-2-1-3-7-10;;/h2-9H;1H;/q;;+1/p-1. The predicted octanol–water partition coefficient (Wildman–Crippen LogP) is 2.90. The fraction of sp³-hybridized carbons (Fsp3) is 0. The fourth-order valence-corrected chi connectivity index (χ4v) is 3.19. The lowest BCUT2D eigenvalue weighted by Crippen LogP contribution is -2.06. The highest BCUT2D eigenvalue weighted by atomic mass is 79.9. The zero-order chi connectivity index (χ0) is 12.3. The lowest BCUT2D eigenvalue weighted by atomic mass is 10.0. The fourth-order valence-electron chi connectivity index (χ4n) is 1.65. The first-order chi connectivity index (χ1) is 8.22. The molecule has 0 saturated carbocycles. The van der Waals surface area contributed by atoms with E-state index in [1.807, 2.05) is 30.3 Å². The van der Waals surface area contributed by atoms with Crippen molar-refractivity contribution in [3.8, 4) is 11.1 Å². The number of hydrogen-bond acceptors (Lipinski definition) is 2. The van der Waals surface area contributed by atoms with E-state index in [0.29, 0.717) is 5.56 Å². The Morgan fingerprint density at radius 1 is 1.06 bits per heavy atom. The van der Waals surface area contributed by atoms with Crippen molar-refractivity contribution in [2.24, 2.45) is 0 Å². The quantitative estimate of drug-likeness (QED) is 0.497. The van der Waals surface area contributed by atoms with Crippen molar-refractivity contribution >= 4 is 40.5 Å². The summed E-state index contributed by atoms with van der Waals surface area (Å²) in [5.74, 6) is 0. The number of para-hydroxylation sites is 1. The molecular weight excluding hydrogens is 294 g/mol. The molecule has 0 amide bonds. The minimum atomic E-state index is -0.351. The molecule has 0 saturated heterocycles. The average molecular weight is 302 g/mol. The highest BCUT2D eigenvalue weighted by molar-refractivity contribution is 9.23. The molecule has 5 heteroatoms. The summed E-state index contributed by atoms with van der Waals surface area (Å²) in [5.41, 5.74) is 1.70. The zero-order valence-electron chi connectivity index (χ0n) is 8.97. The van der Waals surface area contributed by atoms with Gasteiger partial charge in [-0.1, -0.05) is 36.4 Å². The van der Waals surface area contributed by atoms with Crippen LogP contribution in [0, 0.1) is 10.1 Å². The molecule has 0 bridgehead atoms. The molecule has 2 aromatic carbocycles. The Hall–Kier alpha value is -0.914. The van der Waals surface area contributed by atoms with Crippen LogP contribution < -0.4 is 3.69 Å². The topological polar surface area (TPSA) is 43.1 Å². The summed E-state index contributed by atoms with van der Waals surface area (Å²) >= 11 is 3.16. The molecule has 2 rings (SSSR count). The Balaban J connectivity index is 2.48. The molecule has 0 N–H and O–H groups in total. The molecule has 0 aliphatic carbocycles. The van der Waals surface area contributed by atoms with Crippen LogP contribution in [-0.4, -0.2) is 23.1 Å². The highest BCUT2D eigenvalue weighted by Gasteiger charge is 2.13. The Morgan fingerprint density at radius 3 is 2.29 bits per heavy atom. The normalized spacial score (nSPS) is 9.71. The van der Waals surface area contributed by atoms with E-state index in [2.05, 4.69) is 12.9 Å². The van der Waals surface area contributed by atoms with Crippen LogP contribution in [0.3, 0.4) is 0 Å². The Morgan fingerprint density at radius 2 is 1.71 bits per heavy atom. The molecule has 0 aliphatic rings. The van der Waals surface area contributed by atoms with Crippen LogP contribution in [-0.2, 0) is 0 Å². The lowest BCUT2D eigenvalue weighted by molar-refractivity contribution is -0.384. The maximum atomic E-state index is 10.9. The largest absolute Gasteiger partial charge is 0.506 e. The maximum Gasteiger partial charge on any atom is 0.506 e. The number of hydrogen-bond donors (Lipinski definition) is 0. The van der Waals surface area contributed by atoms with Crippen molar-refractivity contribution in [1.82, 2.24) is 0 Å². The number of rotatable bonds is 3. The summed E-state index contributed by atoms with van der Waals surface area (Å²) in [6.07, 6.45) is 0. The lowest BCUT2D eigenvalue weighted by Gasteiger charge is -2.03. The molecule has 82 valence electrons. The van der Waals surface area contributed by atoms with Gasteiger partial charge in [0.1, 0.15) is 0 Å². The number of nitrogens with zero attached hydrogens (tertiary/aromatic N) is 1.